The Morgan fingerprint density at radius 2 is 2.08 bits per heavy atom. The fourth-order valence-corrected chi connectivity index (χ4v) is 3.06. The fraction of sp³-hybridized carbons (Fsp3) is 0.500. The van der Waals surface area contributed by atoms with Gasteiger partial charge in [-0.2, -0.15) is 0 Å². The average Bonchev–Trinajstić information content (AvgIpc) is 3.04. The van der Waals surface area contributed by atoms with Crippen LogP contribution >= 0.6 is 0 Å². The van der Waals surface area contributed by atoms with E-state index in [2.05, 4.69) is 14.9 Å². The predicted octanol–water partition coefficient (Wildman–Crippen LogP) is 1.40. The number of aryl methyl sites for hydroxylation is 1. The van der Waals surface area contributed by atoms with Crippen molar-refractivity contribution >= 4 is 11.7 Å². The Morgan fingerprint density at radius 1 is 1.32 bits per heavy atom. The second-order valence-electron chi connectivity index (χ2n) is 6.50. The summed E-state index contributed by atoms with van der Waals surface area (Å²) in [7, 11) is 1.93. The van der Waals surface area contributed by atoms with E-state index in [9.17, 15) is 4.79 Å². The summed E-state index contributed by atoms with van der Waals surface area (Å²) in [5.74, 6) is 1.75. The highest BCUT2D eigenvalue weighted by molar-refractivity contribution is 5.94. The van der Waals surface area contributed by atoms with Crippen molar-refractivity contribution in [1.29, 1.82) is 0 Å². The first-order valence-electron chi connectivity index (χ1n) is 8.80. The molecular weight excluding hydrogens is 316 g/mol. The van der Waals surface area contributed by atoms with Crippen LogP contribution in [0.3, 0.4) is 0 Å². The Balaban J connectivity index is 1.68. The molecule has 0 bridgehead atoms. The van der Waals surface area contributed by atoms with Gasteiger partial charge in [-0.05, 0) is 31.9 Å². The number of aromatic nitrogens is 3. The maximum absolute atomic E-state index is 12.8. The van der Waals surface area contributed by atoms with Crippen LogP contribution in [-0.4, -0.2) is 51.0 Å². The summed E-state index contributed by atoms with van der Waals surface area (Å²) in [5.41, 5.74) is 6.55. The average molecular weight is 342 g/mol. The second-order valence-corrected chi connectivity index (χ2v) is 6.50. The standard InChI is InChI=1S/C18H26N6O/c1-3-23(13-17-20-8-11-22(17)2)18(25)14-4-5-16(21-12-14)24-9-6-15(19)7-10-24/h4-5,8,11-12,15H,3,6-7,9-10,13,19H2,1-2H3. The highest BCUT2D eigenvalue weighted by Gasteiger charge is 2.19. The van der Waals surface area contributed by atoms with Gasteiger partial charge in [-0.3, -0.25) is 4.79 Å². The largest absolute Gasteiger partial charge is 0.357 e. The smallest absolute Gasteiger partial charge is 0.255 e. The first kappa shape index (κ1) is 17.4. The van der Waals surface area contributed by atoms with Crippen molar-refractivity contribution in [1.82, 2.24) is 19.4 Å². The zero-order valence-corrected chi connectivity index (χ0v) is 14.9. The molecule has 0 radical (unpaired) electrons. The lowest BCUT2D eigenvalue weighted by Crippen LogP contribution is -2.40. The third kappa shape index (κ3) is 3.99. The van der Waals surface area contributed by atoms with Crippen LogP contribution in [0.5, 0.6) is 0 Å². The molecule has 2 aromatic rings. The number of hydrogen-bond acceptors (Lipinski definition) is 5. The molecule has 3 heterocycles. The zero-order valence-electron chi connectivity index (χ0n) is 14.9. The number of pyridine rings is 1. The number of carbonyl (C=O) groups excluding carboxylic acids is 1. The van der Waals surface area contributed by atoms with E-state index in [1.54, 1.807) is 17.3 Å². The van der Waals surface area contributed by atoms with E-state index < -0.39 is 0 Å². The van der Waals surface area contributed by atoms with Crippen LogP contribution in [0.2, 0.25) is 0 Å². The van der Waals surface area contributed by atoms with Gasteiger partial charge in [0.25, 0.3) is 5.91 Å². The van der Waals surface area contributed by atoms with Gasteiger partial charge in [0.05, 0.1) is 12.1 Å². The van der Waals surface area contributed by atoms with E-state index in [1.165, 1.54) is 0 Å². The number of amides is 1. The lowest BCUT2D eigenvalue weighted by atomic mass is 10.1. The van der Waals surface area contributed by atoms with Gasteiger partial charge in [0.15, 0.2) is 0 Å². The number of carbonyl (C=O) groups is 1. The molecule has 25 heavy (non-hydrogen) atoms. The number of imidazole rings is 1. The van der Waals surface area contributed by atoms with Crippen molar-refractivity contribution in [3.63, 3.8) is 0 Å². The van der Waals surface area contributed by atoms with Gasteiger partial charge in [-0.25, -0.2) is 9.97 Å². The number of nitrogens with two attached hydrogens (primary N) is 1. The van der Waals surface area contributed by atoms with Crippen LogP contribution in [0.25, 0.3) is 0 Å². The molecule has 2 aromatic heterocycles. The number of anilines is 1. The molecule has 1 fully saturated rings. The van der Waals surface area contributed by atoms with Gasteiger partial charge < -0.3 is 20.1 Å². The molecule has 0 spiro atoms. The van der Waals surface area contributed by atoms with Gasteiger partial charge in [0.2, 0.25) is 0 Å². The SMILES string of the molecule is CCN(Cc1nccn1C)C(=O)c1ccc(N2CCC(N)CC2)nc1. The molecule has 1 amide bonds. The number of piperidine rings is 1. The van der Waals surface area contributed by atoms with Gasteiger partial charge in [0, 0.05) is 51.3 Å². The van der Waals surface area contributed by atoms with Crippen molar-refractivity contribution in [2.45, 2.75) is 32.4 Å². The summed E-state index contributed by atoms with van der Waals surface area (Å²) in [6.07, 6.45) is 7.27. The minimum absolute atomic E-state index is 0.0229. The molecule has 3 rings (SSSR count). The highest BCUT2D eigenvalue weighted by Crippen LogP contribution is 2.18. The van der Waals surface area contributed by atoms with Gasteiger partial charge in [0.1, 0.15) is 11.6 Å². The third-order valence-corrected chi connectivity index (χ3v) is 4.78. The molecule has 7 heteroatoms. The molecule has 0 atom stereocenters. The Kier molecular flexibility index (Phi) is 5.33. The van der Waals surface area contributed by atoms with E-state index in [1.807, 2.05) is 36.9 Å². The van der Waals surface area contributed by atoms with E-state index >= 15 is 0 Å². The Bertz CT molecular complexity index is 703. The number of nitrogens with zero attached hydrogens (tertiary/aromatic N) is 5. The van der Waals surface area contributed by atoms with Gasteiger partial charge in [-0.1, -0.05) is 0 Å². The van der Waals surface area contributed by atoms with Crippen LogP contribution < -0.4 is 10.6 Å². The molecule has 0 saturated carbocycles. The highest BCUT2D eigenvalue weighted by atomic mass is 16.2. The Hall–Kier alpha value is -2.41. The van der Waals surface area contributed by atoms with Crippen LogP contribution in [0.15, 0.2) is 30.7 Å². The van der Waals surface area contributed by atoms with Crippen LogP contribution in [0.4, 0.5) is 5.82 Å². The normalized spacial score (nSPS) is 15.4. The van der Waals surface area contributed by atoms with Gasteiger partial charge in [-0.15, -0.1) is 0 Å². The first-order chi connectivity index (χ1) is 12.1. The van der Waals surface area contributed by atoms with E-state index in [0.29, 0.717) is 24.7 Å². The maximum atomic E-state index is 12.8. The molecule has 134 valence electrons. The fourth-order valence-electron chi connectivity index (χ4n) is 3.06. The molecule has 1 aliphatic heterocycles. The summed E-state index contributed by atoms with van der Waals surface area (Å²) >= 11 is 0. The minimum Gasteiger partial charge on any atom is -0.357 e. The quantitative estimate of drug-likeness (QED) is 0.888. The molecular formula is C18H26N6O. The number of rotatable bonds is 5. The van der Waals surface area contributed by atoms with Crippen molar-refractivity contribution in [3.05, 3.63) is 42.1 Å². The lowest BCUT2D eigenvalue weighted by molar-refractivity contribution is 0.0747. The summed E-state index contributed by atoms with van der Waals surface area (Å²) in [4.78, 5) is 25.6. The lowest BCUT2D eigenvalue weighted by Gasteiger charge is -2.31. The van der Waals surface area contributed by atoms with Crippen LogP contribution in [0, 0.1) is 0 Å². The molecule has 1 saturated heterocycles. The molecule has 1 aliphatic rings. The zero-order chi connectivity index (χ0) is 17.8. The van der Waals surface area contributed by atoms with Crippen molar-refractivity contribution in [3.8, 4) is 0 Å². The predicted molar refractivity (Wildman–Crippen MR) is 97.3 cm³/mol. The molecule has 2 N–H and O–H groups in total. The first-order valence-corrected chi connectivity index (χ1v) is 8.80. The molecule has 0 unspecified atom stereocenters. The molecule has 0 aromatic carbocycles. The van der Waals surface area contributed by atoms with E-state index in [0.717, 1.165) is 37.6 Å². The van der Waals surface area contributed by atoms with Crippen molar-refractivity contribution in [2.24, 2.45) is 12.8 Å². The summed E-state index contributed by atoms with van der Waals surface area (Å²) < 4.78 is 1.93. The second kappa shape index (κ2) is 7.65. The third-order valence-electron chi connectivity index (χ3n) is 4.78. The summed E-state index contributed by atoms with van der Waals surface area (Å²) in [6, 6.07) is 4.08. The molecule has 0 aliphatic carbocycles. The molecule has 7 nitrogen and oxygen atoms in total. The summed E-state index contributed by atoms with van der Waals surface area (Å²) in [6.45, 7) is 4.92. The van der Waals surface area contributed by atoms with Crippen LogP contribution in [0.1, 0.15) is 35.9 Å². The Morgan fingerprint density at radius 3 is 2.64 bits per heavy atom. The van der Waals surface area contributed by atoms with Gasteiger partial charge >= 0.3 is 0 Å². The van der Waals surface area contributed by atoms with E-state index in [-0.39, 0.29) is 5.91 Å². The monoisotopic (exact) mass is 342 g/mol. The van der Waals surface area contributed by atoms with Crippen molar-refractivity contribution in [2.75, 3.05) is 24.5 Å². The minimum atomic E-state index is -0.0229. The Labute approximate surface area is 148 Å². The van der Waals surface area contributed by atoms with E-state index in [4.69, 9.17) is 5.73 Å². The van der Waals surface area contributed by atoms with Crippen LogP contribution in [-0.2, 0) is 13.6 Å². The van der Waals surface area contributed by atoms with Crippen molar-refractivity contribution < 1.29 is 4.79 Å². The maximum Gasteiger partial charge on any atom is 0.255 e. The number of hydrogen-bond donors (Lipinski definition) is 1. The topological polar surface area (TPSA) is 80.3 Å². The summed E-state index contributed by atoms with van der Waals surface area (Å²) in [5, 5.41) is 0.